The van der Waals surface area contributed by atoms with Crippen molar-refractivity contribution in [3.63, 3.8) is 0 Å². The third-order valence-electron chi connectivity index (χ3n) is 3.10. The number of methoxy groups -OCH3 is 2. The molecule has 0 unspecified atom stereocenters. The predicted molar refractivity (Wildman–Crippen MR) is 85.8 cm³/mol. The molecule has 112 valence electrons. The molecule has 1 aromatic heterocycles. The number of aryl methyl sites for hydroxylation is 3. The number of nitrogens with zero attached hydrogens (tertiary/aromatic N) is 1. The molecular formula is C16H18BrNO3. The Bertz CT molecular complexity index is 648. The van der Waals surface area contributed by atoms with E-state index in [1.165, 1.54) is 0 Å². The fourth-order valence-electron chi connectivity index (χ4n) is 2.13. The molecule has 1 aromatic carbocycles. The summed E-state index contributed by atoms with van der Waals surface area (Å²) in [5, 5.41) is 0. The first-order valence-corrected chi connectivity index (χ1v) is 7.29. The van der Waals surface area contributed by atoms with Gasteiger partial charge < -0.3 is 14.2 Å². The smallest absolute Gasteiger partial charge is 0.263 e. The fourth-order valence-corrected chi connectivity index (χ4v) is 2.80. The SMILES string of the molecule is COc1cc(C)c(Oc2nc(C)cc(Br)c2OC)c(C)c1. The van der Waals surface area contributed by atoms with Crippen molar-refractivity contribution in [2.24, 2.45) is 0 Å². The summed E-state index contributed by atoms with van der Waals surface area (Å²) in [4.78, 5) is 4.42. The van der Waals surface area contributed by atoms with E-state index in [9.17, 15) is 0 Å². The van der Waals surface area contributed by atoms with Gasteiger partial charge in [0.15, 0.2) is 5.75 Å². The van der Waals surface area contributed by atoms with E-state index in [2.05, 4.69) is 20.9 Å². The van der Waals surface area contributed by atoms with Gasteiger partial charge in [-0.25, -0.2) is 4.98 Å². The largest absolute Gasteiger partial charge is 0.497 e. The predicted octanol–water partition coefficient (Wildman–Crippen LogP) is 4.58. The molecule has 0 aliphatic heterocycles. The van der Waals surface area contributed by atoms with E-state index >= 15 is 0 Å². The number of hydrogen-bond acceptors (Lipinski definition) is 4. The summed E-state index contributed by atoms with van der Waals surface area (Å²) < 4.78 is 17.4. The summed E-state index contributed by atoms with van der Waals surface area (Å²) in [6.07, 6.45) is 0. The molecule has 0 saturated carbocycles. The Hall–Kier alpha value is -1.75. The van der Waals surface area contributed by atoms with Crippen LogP contribution in [0.2, 0.25) is 0 Å². The second-order valence-corrected chi connectivity index (χ2v) is 5.63. The first-order valence-electron chi connectivity index (χ1n) is 6.50. The lowest BCUT2D eigenvalue weighted by Crippen LogP contribution is -1.99. The van der Waals surface area contributed by atoms with Crippen LogP contribution in [0.4, 0.5) is 0 Å². The molecule has 4 nitrogen and oxygen atoms in total. The van der Waals surface area contributed by atoms with Crippen LogP contribution >= 0.6 is 15.9 Å². The summed E-state index contributed by atoms with van der Waals surface area (Å²) in [6, 6.07) is 5.75. The molecule has 0 saturated heterocycles. The third-order valence-corrected chi connectivity index (χ3v) is 3.69. The number of halogens is 1. The molecule has 0 radical (unpaired) electrons. The highest BCUT2D eigenvalue weighted by atomic mass is 79.9. The van der Waals surface area contributed by atoms with Crippen molar-refractivity contribution in [3.8, 4) is 23.1 Å². The normalized spacial score (nSPS) is 10.4. The maximum absolute atomic E-state index is 6.00. The second-order valence-electron chi connectivity index (χ2n) is 4.78. The molecule has 0 fully saturated rings. The molecule has 2 aromatic rings. The van der Waals surface area contributed by atoms with Crippen LogP contribution in [-0.2, 0) is 0 Å². The van der Waals surface area contributed by atoms with Gasteiger partial charge in [0.25, 0.3) is 5.88 Å². The first-order chi connectivity index (χ1) is 9.96. The van der Waals surface area contributed by atoms with Crippen LogP contribution in [0.15, 0.2) is 22.7 Å². The van der Waals surface area contributed by atoms with Crippen molar-refractivity contribution < 1.29 is 14.2 Å². The van der Waals surface area contributed by atoms with Gasteiger partial charge in [0.2, 0.25) is 0 Å². The zero-order chi connectivity index (χ0) is 15.6. The van der Waals surface area contributed by atoms with Crippen molar-refractivity contribution >= 4 is 15.9 Å². The minimum atomic E-state index is 0.445. The van der Waals surface area contributed by atoms with E-state index in [0.717, 1.165) is 32.8 Å². The Morgan fingerprint density at radius 1 is 0.905 bits per heavy atom. The maximum atomic E-state index is 6.00. The molecule has 0 N–H and O–H groups in total. The van der Waals surface area contributed by atoms with Crippen molar-refractivity contribution in [2.75, 3.05) is 14.2 Å². The van der Waals surface area contributed by atoms with E-state index < -0.39 is 0 Å². The summed E-state index contributed by atoms with van der Waals surface area (Å²) in [5.74, 6) is 2.60. The minimum absolute atomic E-state index is 0.445. The van der Waals surface area contributed by atoms with Crippen LogP contribution in [-0.4, -0.2) is 19.2 Å². The van der Waals surface area contributed by atoms with Gasteiger partial charge in [-0.05, 0) is 66.0 Å². The summed E-state index contributed by atoms with van der Waals surface area (Å²) >= 11 is 3.47. The van der Waals surface area contributed by atoms with Gasteiger partial charge in [-0.1, -0.05) is 0 Å². The number of aromatic nitrogens is 1. The number of ether oxygens (including phenoxy) is 3. The van der Waals surface area contributed by atoms with Crippen LogP contribution in [0.25, 0.3) is 0 Å². The highest BCUT2D eigenvalue weighted by molar-refractivity contribution is 9.10. The molecule has 5 heteroatoms. The van der Waals surface area contributed by atoms with Gasteiger partial charge in [-0.2, -0.15) is 0 Å². The molecule has 2 rings (SSSR count). The molecule has 0 bridgehead atoms. The van der Waals surface area contributed by atoms with Crippen molar-refractivity contribution in [1.82, 2.24) is 4.98 Å². The Labute approximate surface area is 133 Å². The fraction of sp³-hybridized carbons (Fsp3) is 0.312. The maximum Gasteiger partial charge on any atom is 0.263 e. The lowest BCUT2D eigenvalue weighted by Gasteiger charge is -2.15. The molecule has 1 heterocycles. The van der Waals surface area contributed by atoms with Gasteiger partial charge >= 0.3 is 0 Å². The summed E-state index contributed by atoms with van der Waals surface area (Å²) in [5.41, 5.74) is 2.81. The van der Waals surface area contributed by atoms with Crippen molar-refractivity contribution in [3.05, 3.63) is 39.5 Å². The molecule has 0 amide bonds. The van der Waals surface area contributed by atoms with E-state index in [1.807, 2.05) is 39.0 Å². The summed E-state index contributed by atoms with van der Waals surface area (Å²) in [6.45, 7) is 5.86. The monoisotopic (exact) mass is 351 g/mol. The molecular weight excluding hydrogens is 334 g/mol. The quantitative estimate of drug-likeness (QED) is 0.808. The van der Waals surface area contributed by atoms with Gasteiger partial charge in [0.1, 0.15) is 11.5 Å². The zero-order valence-electron chi connectivity index (χ0n) is 12.8. The van der Waals surface area contributed by atoms with E-state index in [0.29, 0.717) is 11.6 Å². The Balaban J connectivity index is 2.48. The molecule has 0 atom stereocenters. The lowest BCUT2D eigenvalue weighted by atomic mass is 10.1. The standard InChI is InChI=1S/C16H18BrNO3/c1-9-6-12(19-4)7-10(2)14(9)21-16-15(20-5)13(17)8-11(3)18-16/h6-8H,1-5H3. The number of benzene rings is 1. The van der Waals surface area contributed by atoms with Crippen LogP contribution < -0.4 is 14.2 Å². The first kappa shape index (κ1) is 15.6. The number of pyridine rings is 1. The molecule has 21 heavy (non-hydrogen) atoms. The third kappa shape index (κ3) is 3.29. The van der Waals surface area contributed by atoms with Crippen LogP contribution in [0, 0.1) is 20.8 Å². The Kier molecular flexibility index (Phi) is 4.73. The molecule has 0 spiro atoms. The highest BCUT2D eigenvalue weighted by Crippen LogP contribution is 2.39. The Morgan fingerprint density at radius 3 is 2.05 bits per heavy atom. The summed E-state index contributed by atoms with van der Waals surface area (Å²) in [7, 11) is 3.24. The van der Waals surface area contributed by atoms with Gasteiger partial charge in [-0.3, -0.25) is 0 Å². The number of rotatable bonds is 4. The van der Waals surface area contributed by atoms with Crippen LogP contribution in [0.5, 0.6) is 23.1 Å². The zero-order valence-corrected chi connectivity index (χ0v) is 14.4. The lowest BCUT2D eigenvalue weighted by molar-refractivity contribution is 0.364. The van der Waals surface area contributed by atoms with Gasteiger partial charge in [-0.15, -0.1) is 0 Å². The number of hydrogen-bond donors (Lipinski definition) is 0. The van der Waals surface area contributed by atoms with Gasteiger partial charge in [0, 0.05) is 5.69 Å². The minimum Gasteiger partial charge on any atom is -0.497 e. The van der Waals surface area contributed by atoms with E-state index in [4.69, 9.17) is 14.2 Å². The van der Waals surface area contributed by atoms with Crippen molar-refractivity contribution in [1.29, 1.82) is 0 Å². The Morgan fingerprint density at radius 2 is 1.52 bits per heavy atom. The average Bonchev–Trinajstić information content (AvgIpc) is 2.42. The van der Waals surface area contributed by atoms with E-state index in [1.54, 1.807) is 14.2 Å². The van der Waals surface area contributed by atoms with Crippen molar-refractivity contribution in [2.45, 2.75) is 20.8 Å². The van der Waals surface area contributed by atoms with Crippen LogP contribution in [0.3, 0.4) is 0 Å². The van der Waals surface area contributed by atoms with E-state index in [-0.39, 0.29) is 0 Å². The average molecular weight is 352 g/mol. The topological polar surface area (TPSA) is 40.6 Å². The van der Waals surface area contributed by atoms with Crippen LogP contribution in [0.1, 0.15) is 16.8 Å². The highest BCUT2D eigenvalue weighted by Gasteiger charge is 2.16. The molecule has 0 aliphatic rings. The van der Waals surface area contributed by atoms with Gasteiger partial charge in [0.05, 0.1) is 18.7 Å². The second kappa shape index (κ2) is 6.35. The molecule has 0 aliphatic carbocycles.